The minimum absolute atomic E-state index is 0.370. The number of carbonyl (C=O) groups excluding carboxylic acids is 1. The molecule has 25 heavy (non-hydrogen) atoms. The molecule has 0 atom stereocenters. The predicted octanol–water partition coefficient (Wildman–Crippen LogP) is 3.71. The highest BCUT2D eigenvalue weighted by molar-refractivity contribution is 6.90. The number of hydrogen-bond acceptors (Lipinski definition) is 5. The van der Waals surface area contributed by atoms with Crippen LogP contribution in [-0.4, -0.2) is 46.4 Å². The Labute approximate surface area is 158 Å². The van der Waals surface area contributed by atoms with Gasteiger partial charge in [0, 0.05) is 12.5 Å². The van der Waals surface area contributed by atoms with E-state index in [0.29, 0.717) is 6.54 Å². The molecule has 0 heterocycles. The van der Waals surface area contributed by atoms with Crippen molar-refractivity contribution in [3.63, 3.8) is 0 Å². The van der Waals surface area contributed by atoms with Gasteiger partial charge in [-0.05, 0) is 58.9 Å². The molecule has 0 aliphatic heterocycles. The van der Waals surface area contributed by atoms with Crippen LogP contribution in [0, 0.1) is 0 Å². The van der Waals surface area contributed by atoms with Crippen molar-refractivity contribution in [2.45, 2.75) is 71.4 Å². The van der Waals surface area contributed by atoms with Crippen molar-refractivity contribution in [2.75, 3.05) is 6.54 Å². The first-order chi connectivity index (χ1) is 11.1. The topological polar surface area (TPSA) is 70.6 Å². The average molecular weight is 425 g/mol. The second-order valence-electron chi connectivity index (χ2n) is 9.03. The number of amides is 1. The van der Waals surface area contributed by atoms with Gasteiger partial charge in [-0.3, -0.25) is 0 Å². The van der Waals surface area contributed by atoms with E-state index in [4.69, 9.17) is 17.1 Å². The summed E-state index contributed by atoms with van der Waals surface area (Å²) in [6.07, 6.45) is 1.55. The fourth-order valence-electron chi connectivity index (χ4n) is 2.28. The third-order valence-corrected chi connectivity index (χ3v) is 14.6. The van der Waals surface area contributed by atoms with E-state index in [0.717, 1.165) is 18.7 Å². The third kappa shape index (κ3) is 13.7. The van der Waals surface area contributed by atoms with Gasteiger partial charge in [-0.25, -0.2) is 5.32 Å². The Bertz CT molecular complexity index is 400. The molecule has 0 aliphatic carbocycles. The SMILES string of the molecule is C=COC(=O)[NH2+]CCC[Si](O[Si](C)(C)C)(O[Si](C)(C)C)O[Si](C)(C)C. The van der Waals surface area contributed by atoms with Gasteiger partial charge in [0.25, 0.3) is 0 Å². The van der Waals surface area contributed by atoms with Crippen molar-refractivity contribution in [3.8, 4) is 0 Å². The minimum Gasteiger partial charge on any atom is -0.417 e. The predicted molar refractivity (Wildman–Crippen MR) is 112 cm³/mol. The second kappa shape index (κ2) is 9.74. The fraction of sp³-hybridized carbons (Fsp3) is 0.800. The number of quaternary nitrogens is 1. The van der Waals surface area contributed by atoms with Gasteiger partial charge in [-0.1, -0.05) is 6.58 Å². The molecule has 0 spiro atoms. The van der Waals surface area contributed by atoms with Crippen molar-refractivity contribution in [1.29, 1.82) is 0 Å². The molecule has 0 aromatic heterocycles. The molecule has 0 aromatic rings. The number of ether oxygens (including phenoxy) is 1. The summed E-state index contributed by atoms with van der Waals surface area (Å²) in [5, 5.41) is 1.54. The van der Waals surface area contributed by atoms with Crippen LogP contribution in [0.3, 0.4) is 0 Å². The molecule has 148 valence electrons. The molecule has 0 fully saturated rings. The van der Waals surface area contributed by atoms with Crippen LogP contribution in [0.4, 0.5) is 4.79 Å². The van der Waals surface area contributed by atoms with Gasteiger partial charge in [-0.2, -0.15) is 4.79 Å². The summed E-state index contributed by atoms with van der Waals surface area (Å²) < 4.78 is 24.5. The summed E-state index contributed by atoms with van der Waals surface area (Å²) in [4.78, 5) is 11.4. The van der Waals surface area contributed by atoms with Crippen LogP contribution in [0.2, 0.25) is 65.0 Å². The van der Waals surface area contributed by atoms with Gasteiger partial charge in [0.15, 0.2) is 25.0 Å². The molecule has 0 aliphatic rings. The lowest BCUT2D eigenvalue weighted by molar-refractivity contribution is -0.568. The zero-order chi connectivity index (χ0) is 19.9. The lowest BCUT2D eigenvalue weighted by atomic mass is 10.5. The Hall–Kier alpha value is -0.0825. The van der Waals surface area contributed by atoms with Crippen LogP contribution in [0.5, 0.6) is 0 Å². The van der Waals surface area contributed by atoms with E-state index in [1.54, 1.807) is 5.32 Å². The first-order valence-electron chi connectivity index (χ1n) is 8.83. The number of nitrogens with two attached hydrogens (primary N) is 1. The molecular weight excluding hydrogens is 387 g/mol. The van der Waals surface area contributed by atoms with Gasteiger partial charge in [0.1, 0.15) is 0 Å². The van der Waals surface area contributed by atoms with E-state index in [1.165, 1.54) is 0 Å². The largest absolute Gasteiger partial charge is 0.517 e. The van der Waals surface area contributed by atoms with Crippen LogP contribution in [0.25, 0.3) is 0 Å². The number of rotatable bonds is 11. The van der Waals surface area contributed by atoms with Crippen molar-refractivity contribution < 1.29 is 27.2 Å². The highest BCUT2D eigenvalue weighted by Crippen LogP contribution is 2.29. The standard InChI is InChI=1S/C15H37NO5Si4/c1-11-18-15(17)16-13-12-14-25(19-22(2,3)4,20-23(5,6)7)21-24(8,9)10/h11H,1,12-14H2,2-10H3,(H,16,17)/p+1. The minimum atomic E-state index is -2.80. The molecule has 0 rings (SSSR count). The zero-order valence-electron chi connectivity index (χ0n) is 17.5. The lowest BCUT2D eigenvalue weighted by Gasteiger charge is -2.42. The molecule has 0 saturated heterocycles. The van der Waals surface area contributed by atoms with Crippen molar-refractivity contribution in [1.82, 2.24) is 0 Å². The van der Waals surface area contributed by atoms with Gasteiger partial charge < -0.3 is 17.1 Å². The summed E-state index contributed by atoms with van der Waals surface area (Å²) >= 11 is 0. The van der Waals surface area contributed by atoms with Crippen molar-refractivity contribution >= 4 is 39.8 Å². The van der Waals surface area contributed by atoms with Crippen molar-refractivity contribution in [3.05, 3.63) is 12.8 Å². The fourth-order valence-corrected chi connectivity index (χ4v) is 17.0. The molecule has 2 N–H and O–H groups in total. The Morgan fingerprint density at radius 1 is 0.880 bits per heavy atom. The van der Waals surface area contributed by atoms with E-state index < -0.39 is 33.8 Å². The normalized spacial score (nSPS) is 13.6. The summed E-state index contributed by atoms with van der Waals surface area (Å²) in [5.74, 6) is 0. The molecule has 0 saturated carbocycles. The van der Waals surface area contributed by atoms with Crippen LogP contribution >= 0.6 is 0 Å². The highest BCUT2D eigenvalue weighted by atomic mass is 28.5. The molecule has 6 nitrogen and oxygen atoms in total. The van der Waals surface area contributed by atoms with E-state index in [-0.39, 0.29) is 6.09 Å². The van der Waals surface area contributed by atoms with Crippen molar-refractivity contribution in [2.24, 2.45) is 0 Å². The highest BCUT2D eigenvalue weighted by Gasteiger charge is 2.49. The van der Waals surface area contributed by atoms with Gasteiger partial charge in [-0.15, -0.1) is 0 Å². The molecule has 1 amide bonds. The van der Waals surface area contributed by atoms with E-state index in [9.17, 15) is 4.79 Å². The maximum absolute atomic E-state index is 11.4. The first kappa shape index (κ1) is 24.9. The molecule has 0 bridgehead atoms. The van der Waals surface area contributed by atoms with Gasteiger partial charge in [0.2, 0.25) is 0 Å². The Balaban J connectivity index is 5.23. The maximum atomic E-state index is 11.4. The van der Waals surface area contributed by atoms with E-state index in [2.05, 4.69) is 65.5 Å². The van der Waals surface area contributed by atoms with Crippen LogP contribution in [-0.2, 0) is 17.1 Å². The summed E-state index contributed by atoms with van der Waals surface area (Å²) in [6, 6.07) is 0.726. The summed E-state index contributed by atoms with van der Waals surface area (Å²) in [5.41, 5.74) is 0. The molecule has 0 radical (unpaired) electrons. The first-order valence-corrected chi connectivity index (χ1v) is 21.0. The Morgan fingerprint density at radius 3 is 1.60 bits per heavy atom. The molecular formula is C15H38NO5Si4+. The average Bonchev–Trinajstić information content (AvgIpc) is 2.28. The second-order valence-corrected chi connectivity index (χ2v) is 26.0. The van der Waals surface area contributed by atoms with Crippen LogP contribution in [0.1, 0.15) is 6.42 Å². The molecule has 10 heteroatoms. The molecule has 0 unspecified atom stereocenters. The zero-order valence-corrected chi connectivity index (χ0v) is 21.5. The Morgan fingerprint density at radius 2 is 1.28 bits per heavy atom. The summed E-state index contributed by atoms with van der Waals surface area (Å²) in [7, 11) is -8.34. The van der Waals surface area contributed by atoms with Gasteiger partial charge in [0.05, 0.1) is 12.8 Å². The van der Waals surface area contributed by atoms with Gasteiger partial charge >= 0.3 is 14.9 Å². The quantitative estimate of drug-likeness (QED) is 0.311. The van der Waals surface area contributed by atoms with Crippen LogP contribution in [0.15, 0.2) is 12.8 Å². The number of primary amides is 1. The van der Waals surface area contributed by atoms with E-state index >= 15 is 0 Å². The maximum Gasteiger partial charge on any atom is 0.517 e. The third-order valence-electron chi connectivity index (χ3n) is 2.58. The Kier molecular flexibility index (Phi) is 9.71. The number of carbonyl (C=O) groups is 1. The lowest BCUT2D eigenvalue weighted by Crippen LogP contribution is -2.88. The molecule has 0 aromatic carbocycles. The smallest absolute Gasteiger partial charge is 0.417 e. The van der Waals surface area contributed by atoms with Crippen LogP contribution < -0.4 is 5.32 Å². The van der Waals surface area contributed by atoms with E-state index in [1.807, 2.05) is 0 Å². The number of hydrogen-bond donors (Lipinski definition) is 1. The summed E-state index contributed by atoms with van der Waals surface area (Å²) in [6.45, 7) is 23.5. The monoisotopic (exact) mass is 424 g/mol.